The van der Waals surface area contributed by atoms with Gasteiger partial charge in [0.2, 0.25) is 0 Å². The Hall–Kier alpha value is -1.82. The second kappa shape index (κ2) is 10.6. The van der Waals surface area contributed by atoms with Gasteiger partial charge in [-0.15, -0.1) is 24.8 Å². The first-order chi connectivity index (χ1) is 12.5. The molecule has 2 aromatic carbocycles. The number of nitrogens with one attached hydrogen (secondary N) is 2. The summed E-state index contributed by atoms with van der Waals surface area (Å²) < 4.78 is 14.7. The maximum atomic E-state index is 14.7. The molecule has 0 radical (unpaired) electrons. The molecule has 1 heterocycles. The number of amides is 1. The van der Waals surface area contributed by atoms with E-state index in [1.54, 1.807) is 18.2 Å². The van der Waals surface area contributed by atoms with Crippen LogP contribution < -0.4 is 15.5 Å². The molecule has 0 saturated heterocycles. The third kappa shape index (κ3) is 5.16. The first kappa shape index (κ1) is 24.2. The van der Waals surface area contributed by atoms with Crippen molar-refractivity contribution in [3.63, 3.8) is 0 Å². The van der Waals surface area contributed by atoms with Crippen molar-refractivity contribution in [3.8, 4) is 0 Å². The molecule has 3 rings (SSSR count). The molecule has 0 bridgehead atoms. The smallest absolute Gasteiger partial charge is 0.255 e. The summed E-state index contributed by atoms with van der Waals surface area (Å²) >= 11 is 0. The fourth-order valence-corrected chi connectivity index (χ4v) is 3.47. The summed E-state index contributed by atoms with van der Waals surface area (Å²) in [6.07, 6.45) is 0.641. The Balaban J connectivity index is 0.00000196. The number of nitrogens with zero attached hydrogens (tertiary/aromatic N) is 1. The van der Waals surface area contributed by atoms with Crippen LogP contribution >= 0.6 is 24.8 Å². The highest BCUT2D eigenvalue weighted by Gasteiger charge is 2.18. The van der Waals surface area contributed by atoms with Gasteiger partial charge in [-0.25, -0.2) is 4.39 Å². The maximum absolute atomic E-state index is 14.7. The minimum absolute atomic E-state index is 0. The number of carbonyl (C=O) groups excluding carboxylic acids is 1. The predicted octanol–water partition coefficient (Wildman–Crippen LogP) is 4.80. The van der Waals surface area contributed by atoms with Crippen molar-refractivity contribution in [2.45, 2.75) is 39.8 Å². The van der Waals surface area contributed by atoms with Crippen LogP contribution in [-0.2, 0) is 13.0 Å². The zero-order valence-corrected chi connectivity index (χ0v) is 18.1. The number of rotatable bonds is 5. The van der Waals surface area contributed by atoms with Crippen molar-refractivity contribution in [1.29, 1.82) is 0 Å². The number of hydrogen-bond acceptors (Lipinski definition) is 3. The van der Waals surface area contributed by atoms with Crippen LogP contribution in [0.4, 0.5) is 15.8 Å². The molecule has 4 nitrogen and oxygen atoms in total. The van der Waals surface area contributed by atoms with Gasteiger partial charge < -0.3 is 15.5 Å². The summed E-state index contributed by atoms with van der Waals surface area (Å²) in [6, 6.07) is 11.4. The lowest BCUT2D eigenvalue weighted by Gasteiger charge is -2.27. The number of fused-ring (bicyclic) bond motifs is 1. The summed E-state index contributed by atoms with van der Waals surface area (Å²) in [4.78, 5) is 14.8. The van der Waals surface area contributed by atoms with E-state index >= 15 is 0 Å². The van der Waals surface area contributed by atoms with Gasteiger partial charge in [0, 0.05) is 30.4 Å². The van der Waals surface area contributed by atoms with E-state index in [4.69, 9.17) is 0 Å². The van der Waals surface area contributed by atoms with Gasteiger partial charge in [-0.2, -0.15) is 0 Å². The average Bonchev–Trinajstić information content (AvgIpc) is 2.65. The molecule has 0 saturated carbocycles. The van der Waals surface area contributed by atoms with Crippen LogP contribution in [-0.4, -0.2) is 25.0 Å². The molecule has 28 heavy (non-hydrogen) atoms. The molecular weight excluding hydrogens is 400 g/mol. The summed E-state index contributed by atoms with van der Waals surface area (Å²) in [5.74, 6) is -0.608. The fraction of sp³-hybridized carbons (Fsp3) is 0.381. The molecule has 1 aliphatic heterocycles. The lowest BCUT2D eigenvalue weighted by atomic mass is 9.99. The topological polar surface area (TPSA) is 44.4 Å². The zero-order chi connectivity index (χ0) is 18.7. The van der Waals surface area contributed by atoms with Gasteiger partial charge in [-0.3, -0.25) is 4.79 Å². The predicted molar refractivity (Wildman–Crippen MR) is 119 cm³/mol. The van der Waals surface area contributed by atoms with Crippen molar-refractivity contribution in [1.82, 2.24) is 5.32 Å². The normalized spacial score (nSPS) is 12.5. The molecule has 2 N–H and O–H groups in total. The molecule has 154 valence electrons. The highest BCUT2D eigenvalue weighted by atomic mass is 35.5. The minimum atomic E-state index is -0.314. The first-order valence-electron chi connectivity index (χ1n) is 9.20. The second-order valence-electron chi connectivity index (χ2n) is 6.87. The van der Waals surface area contributed by atoms with E-state index in [1.807, 2.05) is 18.2 Å². The Morgan fingerprint density at radius 2 is 1.86 bits per heavy atom. The molecule has 0 fully saturated rings. The number of halogens is 3. The van der Waals surface area contributed by atoms with E-state index in [9.17, 15) is 9.18 Å². The number of benzene rings is 2. The summed E-state index contributed by atoms with van der Waals surface area (Å²) in [5.41, 5.74) is 3.51. The van der Waals surface area contributed by atoms with Gasteiger partial charge in [0.15, 0.2) is 0 Å². The van der Waals surface area contributed by atoms with E-state index in [0.717, 1.165) is 24.3 Å². The summed E-state index contributed by atoms with van der Waals surface area (Å²) in [6.45, 7) is 8.71. The van der Waals surface area contributed by atoms with Crippen LogP contribution in [0.5, 0.6) is 0 Å². The van der Waals surface area contributed by atoms with Crippen LogP contribution in [0.15, 0.2) is 36.4 Å². The minimum Gasteiger partial charge on any atom is -0.369 e. The zero-order valence-electron chi connectivity index (χ0n) is 16.4. The third-order valence-corrected chi connectivity index (χ3v) is 4.88. The van der Waals surface area contributed by atoms with E-state index in [0.29, 0.717) is 30.1 Å². The van der Waals surface area contributed by atoms with E-state index in [1.165, 1.54) is 0 Å². The standard InChI is InChI=1S/C21H26FN3O.2ClH/c1-4-25(14(2)3)17-8-5-15(6-9-17)21(26)24-19-10-7-16-13-23-12-11-18(16)20(19)22;;/h5-10,14,23H,4,11-13H2,1-3H3,(H,24,26);2*1H. The van der Waals surface area contributed by atoms with E-state index in [-0.39, 0.29) is 42.2 Å². The molecule has 0 aliphatic carbocycles. The number of anilines is 2. The van der Waals surface area contributed by atoms with Crippen molar-refractivity contribution >= 4 is 42.1 Å². The number of carbonyl (C=O) groups is 1. The maximum Gasteiger partial charge on any atom is 0.255 e. The van der Waals surface area contributed by atoms with Crippen LogP contribution in [0.1, 0.15) is 42.3 Å². The monoisotopic (exact) mass is 427 g/mol. The second-order valence-corrected chi connectivity index (χ2v) is 6.87. The number of hydrogen-bond donors (Lipinski definition) is 2. The molecule has 0 spiro atoms. The quantitative estimate of drug-likeness (QED) is 0.719. The van der Waals surface area contributed by atoms with Gasteiger partial charge in [0.1, 0.15) is 5.82 Å². The summed E-state index contributed by atoms with van der Waals surface area (Å²) in [7, 11) is 0. The molecular formula is C21H28Cl2FN3O. The Morgan fingerprint density at radius 1 is 1.18 bits per heavy atom. The van der Waals surface area contributed by atoms with Crippen LogP contribution in [0.25, 0.3) is 0 Å². The van der Waals surface area contributed by atoms with Gasteiger partial charge in [-0.1, -0.05) is 6.07 Å². The first-order valence-corrected chi connectivity index (χ1v) is 9.20. The molecule has 2 aromatic rings. The SMILES string of the molecule is CCN(c1ccc(C(=O)Nc2ccc3c(c2F)CCNC3)cc1)C(C)C.Cl.Cl. The molecule has 0 unspecified atom stereocenters. The van der Waals surface area contributed by atoms with Crippen LogP contribution in [0.3, 0.4) is 0 Å². The Morgan fingerprint density at radius 3 is 2.46 bits per heavy atom. The van der Waals surface area contributed by atoms with Crippen molar-refractivity contribution in [2.24, 2.45) is 0 Å². The van der Waals surface area contributed by atoms with Crippen LogP contribution in [0.2, 0.25) is 0 Å². The lowest BCUT2D eigenvalue weighted by molar-refractivity contribution is 0.102. The van der Waals surface area contributed by atoms with Crippen molar-refractivity contribution in [2.75, 3.05) is 23.3 Å². The lowest BCUT2D eigenvalue weighted by Crippen LogP contribution is -2.30. The highest BCUT2D eigenvalue weighted by Crippen LogP contribution is 2.25. The van der Waals surface area contributed by atoms with Gasteiger partial charge >= 0.3 is 0 Å². The summed E-state index contributed by atoms with van der Waals surface area (Å²) in [5, 5.41) is 5.94. The molecule has 7 heteroatoms. The van der Waals surface area contributed by atoms with Gasteiger partial charge in [0.25, 0.3) is 5.91 Å². The third-order valence-electron chi connectivity index (χ3n) is 4.88. The van der Waals surface area contributed by atoms with Crippen LogP contribution in [0, 0.1) is 5.82 Å². The Kier molecular flexibility index (Phi) is 9.21. The van der Waals surface area contributed by atoms with Crippen molar-refractivity contribution < 1.29 is 9.18 Å². The van der Waals surface area contributed by atoms with Gasteiger partial charge in [0.05, 0.1) is 5.69 Å². The highest BCUT2D eigenvalue weighted by molar-refractivity contribution is 6.04. The Bertz CT molecular complexity index is 797. The molecule has 0 atom stereocenters. The average molecular weight is 428 g/mol. The molecule has 1 aliphatic rings. The molecule has 1 amide bonds. The fourth-order valence-electron chi connectivity index (χ4n) is 3.47. The van der Waals surface area contributed by atoms with Crippen molar-refractivity contribution in [3.05, 3.63) is 58.9 Å². The molecule has 0 aromatic heterocycles. The Labute approximate surface area is 178 Å². The van der Waals surface area contributed by atoms with E-state index < -0.39 is 0 Å². The van der Waals surface area contributed by atoms with E-state index in [2.05, 4.69) is 36.3 Å². The largest absolute Gasteiger partial charge is 0.369 e. The van der Waals surface area contributed by atoms with Gasteiger partial charge in [-0.05, 0) is 75.2 Å².